The van der Waals surface area contributed by atoms with Crippen LogP contribution < -0.4 is 0 Å². The van der Waals surface area contributed by atoms with Crippen LogP contribution in [-0.2, 0) is 4.18 Å². The van der Waals surface area contributed by atoms with E-state index in [2.05, 4.69) is 4.18 Å². The molecule has 0 bridgehead atoms. The minimum Gasteiger partial charge on any atom is -0.301 e. The minimum atomic E-state index is -4.27. The fourth-order valence-corrected chi connectivity index (χ4v) is 1.46. The predicted octanol–water partition coefficient (Wildman–Crippen LogP) is 3.58. The standard InChI is InChI=1S/C9H9F3OS/c1-7-4-2-3-5-8(7)14-13-6-9(10,11)12/h2-5H,6H2,1H3. The van der Waals surface area contributed by atoms with Gasteiger partial charge in [0.2, 0.25) is 0 Å². The summed E-state index contributed by atoms with van der Waals surface area (Å²) in [4.78, 5) is 0.705. The Morgan fingerprint density at radius 1 is 1.29 bits per heavy atom. The first-order valence-corrected chi connectivity index (χ1v) is 4.65. The van der Waals surface area contributed by atoms with Crippen LogP contribution in [0.5, 0.6) is 0 Å². The van der Waals surface area contributed by atoms with E-state index in [0.29, 0.717) is 4.90 Å². The summed E-state index contributed by atoms with van der Waals surface area (Å²) in [7, 11) is 0. The molecule has 0 saturated carbocycles. The van der Waals surface area contributed by atoms with Crippen LogP contribution in [0.1, 0.15) is 5.56 Å². The Bertz CT molecular complexity index is 298. The Hall–Kier alpha value is -0.680. The molecule has 0 amide bonds. The van der Waals surface area contributed by atoms with E-state index in [9.17, 15) is 13.2 Å². The quantitative estimate of drug-likeness (QED) is 0.723. The molecule has 0 aliphatic heterocycles. The van der Waals surface area contributed by atoms with Crippen molar-refractivity contribution in [1.29, 1.82) is 0 Å². The van der Waals surface area contributed by atoms with E-state index in [1.807, 2.05) is 19.1 Å². The van der Waals surface area contributed by atoms with Gasteiger partial charge in [-0.05, 0) is 18.6 Å². The van der Waals surface area contributed by atoms with Gasteiger partial charge in [-0.3, -0.25) is 0 Å². The van der Waals surface area contributed by atoms with Crippen LogP contribution in [0.15, 0.2) is 29.2 Å². The molecule has 0 atom stereocenters. The SMILES string of the molecule is Cc1ccccc1SOCC(F)(F)F. The first-order chi connectivity index (χ1) is 6.49. The molecule has 0 aromatic heterocycles. The van der Waals surface area contributed by atoms with E-state index in [4.69, 9.17) is 0 Å². The molecule has 14 heavy (non-hydrogen) atoms. The average molecular weight is 222 g/mol. The number of aryl methyl sites for hydroxylation is 1. The summed E-state index contributed by atoms with van der Waals surface area (Å²) >= 11 is 0.754. The number of benzene rings is 1. The molecule has 78 valence electrons. The average Bonchev–Trinajstić information content (AvgIpc) is 2.06. The highest BCUT2D eigenvalue weighted by molar-refractivity contribution is 7.94. The van der Waals surface area contributed by atoms with Crippen molar-refractivity contribution < 1.29 is 17.4 Å². The zero-order valence-corrected chi connectivity index (χ0v) is 8.28. The highest BCUT2D eigenvalue weighted by atomic mass is 32.2. The molecule has 0 spiro atoms. The maximum Gasteiger partial charge on any atom is 0.413 e. The molecular formula is C9H9F3OS. The van der Waals surface area contributed by atoms with Gasteiger partial charge in [0, 0.05) is 16.9 Å². The van der Waals surface area contributed by atoms with Crippen molar-refractivity contribution >= 4 is 12.0 Å². The zero-order valence-electron chi connectivity index (χ0n) is 7.47. The van der Waals surface area contributed by atoms with Crippen LogP contribution in [0.4, 0.5) is 13.2 Å². The third-order valence-electron chi connectivity index (χ3n) is 1.46. The Kier molecular flexibility index (Phi) is 3.83. The lowest BCUT2D eigenvalue weighted by Crippen LogP contribution is -2.14. The second-order valence-corrected chi connectivity index (χ2v) is 3.57. The third-order valence-corrected chi connectivity index (χ3v) is 2.34. The van der Waals surface area contributed by atoms with E-state index < -0.39 is 12.8 Å². The highest BCUT2D eigenvalue weighted by Crippen LogP contribution is 2.25. The van der Waals surface area contributed by atoms with Gasteiger partial charge in [0.05, 0.1) is 0 Å². The normalized spacial score (nSPS) is 11.7. The Labute approximate surface area is 84.5 Å². The van der Waals surface area contributed by atoms with E-state index in [0.717, 1.165) is 17.6 Å². The smallest absolute Gasteiger partial charge is 0.301 e. The molecule has 0 unspecified atom stereocenters. The largest absolute Gasteiger partial charge is 0.413 e. The van der Waals surface area contributed by atoms with Gasteiger partial charge >= 0.3 is 6.18 Å². The fourth-order valence-electron chi connectivity index (χ4n) is 0.810. The predicted molar refractivity (Wildman–Crippen MR) is 49.0 cm³/mol. The molecule has 0 heterocycles. The number of hydrogen-bond donors (Lipinski definition) is 0. The summed E-state index contributed by atoms with van der Waals surface area (Å²) in [5, 5.41) is 0. The first-order valence-electron chi connectivity index (χ1n) is 3.91. The van der Waals surface area contributed by atoms with Gasteiger partial charge in [-0.15, -0.1) is 0 Å². The summed E-state index contributed by atoms with van der Waals surface area (Å²) in [6, 6.07) is 7.12. The lowest BCUT2D eigenvalue weighted by molar-refractivity contribution is -0.150. The maximum atomic E-state index is 11.7. The van der Waals surface area contributed by atoms with Gasteiger partial charge in [-0.2, -0.15) is 13.2 Å². The summed E-state index contributed by atoms with van der Waals surface area (Å²) < 4.78 is 39.6. The molecule has 1 nitrogen and oxygen atoms in total. The van der Waals surface area contributed by atoms with Crippen molar-refractivity contribution in [3.05, 3.63) is 29.8 Å². The maximum absolute atomic E-state index is 11.7. The van der Waals surface area contributed by atoms with Crippen molar-refractivity contribution in [2.24, 2.45) is 0 Å². The number of rotatable bonds is 3. The minimum absolute atomic E-state index is 0.705. The van der Waals surface area contributed by atoms with Gasteiger partial charge in [0.1, 0.15) is 0 Å². The second-order valence-electron chi connectivity index (χ2n) is 2.73. The molecule has 5 heteroatoms. The molecule has 0 radical (unpaired) electrons. The third kappa shape index (κ3) is 4.02. The molecule has 0 saturated heterocycles. The van der Waals surface area contributed by atoms with Crippen molar-refractivity contribution in [3.8, 4) is 0 Å². The van der Waals surface area contributed by atoms with Gasteiger partial charge in [-0.25, -0.2) is 0 Å². The summed E-state index contributed by atoms with van der Waals surface area (Å²) in [6.07, 6.45) is -4.27. The number of halogens is 3. The lowest BCUT2D eigenvalue weighted by atomic mass is 10.2. The summed E-state index contributed by atoms with van der Waals surface area (Å²) in [5.41, 5.74) is 0.902. The van der Waals surface area contributed by atoms with Crippen molar-refractivity contribution in [2.45, 2.75) is 18.0 Å². The number of alkyl halides is 3. The fraction of sp³-hybridized carbons (Fsp3) is 0.333. The van der Waals surface area contributed by atoms with Crippen LogP contribution in [0.3, 0.4) is 0 Å². The Morgan fingerprint density at radius 2 is 1.93 bits per heavy atom. The van der Waals surface area contributed by atoms with E-state index in [-0.39, 0.29) is 0 Å². The second kappa shape index (κ2) is 4.70. The summed E-state index contributed by atoms with van der Waals surface area (Å²) in [5.74, 6) is 0. The monoisotopic (exact) mass is 222 g/mol. The van der Waals surface area contributed by atoms with Crippen molar-refractivity contribution in [3.63, 3.8) is 0 Å². The van der Waals surface area contributed by atoms with Crippen LogP contribution in [0, 0.1) is 6.92 Å². The van der Waals surface area contributed by atoms with Gasteiger partial charge in [-0.1, -0.05) is 18.2 Å². The molecule has 0 aliphatic carbocycles. The van der Waals surface area contributed by atoms with Crippen molar-refractivity contribution in [2.75, 3.05) is 6.61 Å². The first kappa shape index (κ1) is 11.4. The Morgan fingerprint density at radius 3 is 2.50 bits per heavy atom. The highest BCUT2D eigenvalue weighted by Gasteiger charge is 2.27. The van der Waals surface area contributed by atoms with E-state index >= 15 is 0 Å². The molecule has 1 aromatic carbocycles. The van der Waals surface area contributed by atoms with Gasteiger partial charge < -0.3 is 4.18 Å². The van der Waals surface area contributed by atoms with Gasteiger partial charge in [0.25, 0.3) is 0 Å². The van der Waals surface area contributed by atoms with E-state index in [1.165, 1.54) is 0 Å². The topological polar surface area (TPSA) is 9.23 Å². The molecule has 1 aromatic rings. The van der Waals surface area contributed by atoms with Crippen LogP contribution in [-0.4, -0.2) is 12.8 Å². The van der Waals surface area contributed by atoms with Crippen molar-refractivity contribution in [1.82, 2.24) is 0 Å². The molecule has 0 N–H and O–H groups in total. The van der Waals surface area contributed by atoms with Crippen LogP contribution in [0.2, 0.25) is 0 Å². The Balaban J connectivity index is 2.43. The molecule has 1 rings (SSSR count). The summed E-state index contributed by atoms with van der Waals surface area (Å²) in [6.45, 7) is 0.589. The molecular weight excluding hydrogens is 213 g/mol. The number of hydrogen-bond acceptors (Lipinski definition) is 2. The zero-order chi connectivity index (χ0) is 10.6. The van der Waals surface area contributed by atoms with E-state index in [1.54, 1.807) is 12.1 Å². The molecule has 0 fully saturated rings. The molecule has 0 aliphatic rings. The van der Waals surface area contributed by atoms with Crippen LogP contribution >= 0.6 is 12.0 Å². The lowest BCUT2D eigenvalue weighted by Gasteiger charge is -2.07. The van der Waals surface area contributed by atoms with Gasteiger partial charge in [0.15, 0.2) is 6.61 Å². The van der Waals surface area contributed by atoms with Crippen LogP contribution in [0.25, 0.3) is 0 Å².